The molecule has 3 aromatic rings. The maximum Gasteiger partial charge on any atom is 0.343 e. The number of carbonyl (C=O) groups excluding carboxylic acids is 1. The molecule has 0 saturated heterocycles. The van der Waals surface area contributed by atoms with Crippen LogP contribution in [0.4, 0.5) is 22.0 Å². The van der Waals surface area contributed by atoms with Gasteiger partial charge in [-0.3, -0.25) is 0 Å². The van der Waals surface area contributed by atoms with Crippen LogP contribution >= 0.6 is 0 Å². The molecule has 0 unspecified atom stereocenters. The smallest absolute Gasteiger partial charge is 0.343 e. The Morgan fingerprint density at radius 2 is 1.45 bits per heavy atom. The van der Waals surface area contributed by atoms with Gasteiger partial charge in [-0.05, 0) is 41.8 Å². The lowest BCUT2D eigenvalue weighted by molar-refractivity contribution is 0.0725. The van der Waals surface area contributed by atoms with Crippen molar-refractivity contribution in [1.82, 2.24) is 0 Å². The van der Waals surface area contributed by atoms with Crippen molar-refractivity contribution in [3.63, 3.8) is 0 Å². The van der Waals surface area contributed by atoms with Gasteiger partial charge in [0.05, 0.1) is 5.56 Å². The molecule has 0 aliphatic rings. The molecule has 0 aliphatic heterocycles. The molecule has 0 saturated carbocycles. The summed E-state index contributed by atoms with van der Waals surface area (Å²) in [6, 6.07) is 9.98. The molecule has 2 nitrogen and oxygen atoms in total. The van der Waals surface area contributed by atoms with Crippen molar-refractivity contribution in [2.45, 2.75) is 19.8 Å². The fourth-order valence-electron chi connectivity index (χ4n) is 2.81. The second-order valence-corrected chi connectivity index (χ2v) is 6.33. The molecule has 0 heterocycles. The van der Waals surface area contributed by atoms with Gasteiger partial charge in [-0.1, -0.05) is 37.6 Å². The molecule has 0 spiro atoms. The van der Waals surface area contributed by atoms with Crippen LogP contribution in [-0.4, -0.2) is 5.97 Å². The van der Waals surface area contributed by atoms with Crippen molar-refractivity contribution in [3.05, 3.63) is 88.7 Å². The predicted molar refractivity (Wildman–Crippen MR) is 97.1 cm³/mol. The van der Waals surface area contributed by atoms with Crippen LogP contribution in [0.15, 0.2) is 48.5 Å². The fraction of sp³-hybridized carbons (Fsp3) is 0.136. The van der Waals surface area contributed by atoms with Crippen LogP contribution in [0, 0.1) is 29.1 Å². The summed E-state index contributed by atoms with van der Waals surface area (Å²) in [4.78, 5) is 12.0. The van der Waals surface area contributed by atoms with Crippen molar-refractivity contribution in [2.75, 3.05) is 0 Å². The van der Waals surface area contributed by atoms with Crippen molar-refractivity contribution >= 4 is 5.97 Å². The van der Waals surface area contributed by atoms with Gasteiger partial charge in [0.2, 0.25) is 5.82 Å². The molecular weight excluding hydrogens is 391 g/mol. The number of ether oxygens (including phenoxy) is 1. The second kappa shape index (κ2) is 8.43. The largest absolute Gasteiger partial charge is 0.420 e. The number of hydrogen-bond donors (Lipinski definition) is 0. The topological polar surface area (TPSA) is 26.3 Å². The second-order valence-electron chi connectivity index (χ2n) is 6.33. The first kappa shape index (κ1) is 20.5. The molecule has 3 rings (SSSR count). The van der Waals surface area contributed by atoms with Crippen LogP contribution in [0.5, 0.6) is 5.75 Å². The first-order chi connectivity index (χ1) is 13.8. The highest BCUT2D eigenvalue weighted by molar-refractivity contribution is 5.91. The minimum absolute atomic E-state index is 0.0378. The molecular formula is C22H15F5O2. The van der Waals surface area contributed by atoms with Gasteiger partial charge in [0.1, 0.15) is 0 Å². The van der Waals surface area contributed by atoms with Crippen LogP contribution in [0.25, 0.3) is 11.1 Å². The Hall–Kier alpha value is -3.22. The van der Waals surface area contributed by atoms with Crippen LogP contribution in [0.3, 0.4) is 0 Å². The van der Waals surface area contributed by atoms with E-state index in [9.17, 15) is 26.7 Å². The van der Waals surface area contributed by atoms with Crippen molar-refractivity contribution in [1.29, 1.82) is 0 Å². The van der Waals surface area contributed by atoms with Gasteiger partial charge in [-0.25, -0.2) is 22.4 Å². The SMILES string of the molecule is CCCc1ccc(-c2ccc(OC(=O)c3cc(F)c(F)c(F)c3)c(F)c2F)cc1. The number of carbonyl (C=O) groups is 1. The number of rotatable bonds is 5. The van der Waals surface area contributed by atoms with Gasteiger partial charge in [-0.15, -0.1) is 0 Å². The van der Waals surface area contributed by atoms with Gasteiger partial charge >= 0.3 is 5.97 Å². The minimum atomic E-state index is -1.76. The molecule has 0 N–H and O–H groups in total. The third kappa shape index (κ3) is 4.29. The molecule has 3 aromatic carbocycles. The summed E-state index contributed by atoms with van der Waals surface area (Å²) in [5.41, 5.74) is 0.768. The molecule has 0 aliphatic carbocycles. The Labute approximate surface area is 163 Å². The molecule has 7 heteroatoms. The Morgan fingerprint density at radius 3 is 2.03 bits per heavy atom. The first-order valence-electron chi connectivity index (χ1n) is 8.75. The van der Waals surface area contributed by atoms with E-state index in [0.717, 1.165) is 24.5 Å². The molecule has 0 radical (unpaired) electrons. The van der Waals surface area contributed by atoms with E-state index < -0.39 is 46.4 Å². The van der Waals surface area contributed by atoms with E-state index in [0.29, 0.717) is 17.7 Å². The number of benzene rings is 3. The highest BCUT2D eigenvalue weighted by atomic mass is 19.2. The lowest BCUT2D eigenvalue weighted by Crippen LogP contribution is -2.12. The maximum atomic E-state index is 14.5. The summed E-state index contributed by atoms with van der Waals surface area (Å²) in [6.07, 6.45) is 1.81. The molecule has 29 heavy (non-hydrogen) atoms. The predicted octanol–water partition coefficient (Wildman–Crippen LogP) is 6.22. The summed E-state index contributed by atoms with van der Waals surface area (Å²) in [5.74, 6) is -9.77. The Kier molecular flexibility index (Phi) is 5.96. The van der Waals surface area contributed by atoms with Gasteiger partial charge < -0.3 is 4.74 Å². The molecule has 150 valence electrons. The van der Waals surface area contributed by atoms with Crippen LogP contribution < -0.4 is 4.74 Å². The Bertz CT molecular complexity index is 1040. The number of hydrogen-bond acceptors (Lipinski definition) is 2. The van der Waals surface area contributed by atoms with Crippen LogP contribution in [0.2, 0.25) is 0 Å². The monoisotopic (exact) mass is 406 g/mol. The Balaban J connectivity index is 1.87. The number of aryl methyl sites for hydroxylation is 1. The zero-order valence-electron chi connectivity index (χ0n) is 15.2. The summed E-state index contributed by atoms with van der Waals surface area (Å²) < 4.78 is 73.0. The molecule has 0 atom stereocenters. The van der Waals surface area contributed by atoms with E-state index in [1.807, 2.05) is 19.1 Å². The highest BCUT2D eigenvalue weighted by Gasteiger charge is 2.21. The normalized spacial score (nSPS) is 10.8. The standard InChI is InChI=1S/C22H15F5O2/c1-2-3-12-4-6-13(7-5-12)15-8-9-18(21(27)19(15)25)29-22(28)14-10-16(23)20(26)17(24)11-14/h4-11H,2-3H2,1H3. The van der Waals surface area contributed by atoms with E-state index in [2.05, 4.69) is 0 Å². The van der Waals surface area contributed by atoms with Crippen molar-refractivity contribution < 1.29 is 31.5 Å². The van der Waals surface area contributed by atoms with Gasteiger partial charge in [0.15, 0.2) is 29.0 Å². The van der Waals surface area contributed by atoms with E-state index in [-0.39, 0.29) is 5.56 Å². The fourth-order valence-corrected chi connectivity index (χ4v) is 2.81. The third-order valence-corrected chi connectivity index (χ3v) is 4.27. The van der Waals surface area contributed by atoms with Crippen molar-refractivity contribution in [3.8, 4) is 16.9 Å². The average Bonchev–Trinajstić information content (AvgIpc) is 2.70. The average molecular weight is 406 g/mol. The summed E-state index contributed by atoms with van der Waals surface area (Å²) in [7, 11) is 0. The summed E-state index contributed by atoms with van der Waals surface area (Å²) in [6.45, 7) is 2.03. The lowest BCUT2D eigenvalue weighted by Gasteiger charge is -2.10. The third-order valence-electron chi connectivity index (χ3n) is 4.27. The lowest BCUT2D eigenvalue weighted by atomic mass is 10.0. The number of esters is 1. The van der Waals surface area contributed by atoms with Gasteiger partial charge in [0.25, 0.3) is 0 Å². The van der Waals surface area contributed by atoms with Crippen LogP contribution in [0.1, 0.15) is 29.3 Å². The quantitative estimate of drug-likeness (QED) is 0.218. The zero-order chi connectivity index (χ0) is 21.1. The summed E-state index contributed by atoms with van der Waals surface area (Å²) >= 11 is 0. The molecule has 0 fully saturated rings. The highest BCUT2D eigenvalue weighted by Crippen LogP contribution is 2.30. The van der Waals surface area contributed by atoms with Crippen molar-refractivity contribution in [2.24, 2.45) is 0 Å². The number of halogens is 5. The first-order valence-corrected chi connectivity index (χ1v) is 8.75. The Morgan fingerprint density at radius 1 is 0.828 bits per heavy atom. The van der Waals surface area contributed by atoms with E-state index in [1.165, 1.54) is 6.07 Å². The zero-order valence-corrected chi connectivity index (χ0v) is 15.2. The minimum Gasteiger partial charge on any atom is -0.420 e. The molecule has 0 amide bonds. The van der Waals surface area contributed by atoms with Crippen LogP contribution in [-0.2, 0) is 6.42 Å². The summed E-state index contributed by atoms with van der Waals surface area (Å²) in [5, 5.41) is 0. The van der Waals surface area contributed by atoms with E-state index in [1.54, 1.807) is 12.1 Å². The van der Waals surface area contributed by atoms with E-state index in [4.69, 9.17) is 4.74 Å². The molecule has 0 aromatic heterocycles. The van der Waals surface area contributed by atoms with Gasteiger partial charge in [0, 0.05) is 5.56 Å². The maximum absolute atomic E-state index is 14.5. The van der Waals surface area contributed by atoms with E-state index >= 15 is 0 Å². The molecule has 0 bridgehead atoms. The van der Waals surface area contributed by atoms with Gasteiger partial charge in [-0.2, -0.15) is 4.39 Å².